The molecule has 0 aliphatic carbocycles. The Balaban J connectivity index is 2.03. The number of carbonyl (C=O) groups is 1. The second-order valence-electron chi connectivity index (χ2n) is 3.29. The summed E-state index contributed by atoms with van der Waals surface area (Å²) in [5.74, 6) is -0.669. The SMILES string of the molecule is O=C(Cc1ccc(Cl)cc1F)Nc1ncn[nH]1. The molecule has 0 spiro atoms. The van der Waals surface area contributed by atoms with Crippen molar-refractivity contribution in [2.45, 2.75) is 6.42 Å². The molecular weight excluding hydrogens is 247 g/mol. The van der Waals surface area contributed by atoms with Crippen molar-refractivity contribution >= 4 is 23.5 Å². The summed E-state index contributed by atoms with van der Waals surface area (Å²) in [6.07, 6.45) is 1.17. The molecule has 1 aromatic heterocycles. The standard InChI is InChI=1S/C10H8ClFN4O/c11-7-2-1-6(8(12)4-7)3-9(17)15-10-13-5-14-16-10/h1-2,4-5H,3H2,(H2,13,14,15,16,17). The molecule has 0 saturated carbocycles. The zero-order valence-electron chi connectivity index (χ0n) is 8.58. The van der Waals surface area contributed by atoms with Gasteiger partial charge >= 0.3 is 0 Å². The van der Waals surface area contributed by atoms with Crippen molar-refractivity contribution in [3.63, 3.8) is 0 Å². The van der Waals surface area contributed by atoms with Crippen LogP contribution in [0, 0.1) is 5.82 Å². The molecule has 0 saturated heterocycles. The van der Waals surface area contributed by atoms with Crippen molar-refractivity contribution in [1.29, 1.82) is 0 Å². The highest BCUT2D eigenvalue weighted by molar-refractivity contribution is 6.30. The van der Waals surface area contributed by atoms with Gasteiger partial charge < -0.3 is 0 Å². The zero-order valence-corrected chi connectivity index (χ0v) is 9.33. The van der Waals surface area contributed by atoms with Crippen LogP contribution in [-0.2, 0) is 11.2 Å². The molecule has 0 unspecified atom stereocenters. The molecule has 2 rings (SSSR count). The van der Waals surface area contributed by atoms with E-state index in [0.717, 1.165) is 0 Å². The van der Waals surface area contributed by atoms with Crippen molar-refractivity contribution < 1.29 is 9.18 Å². The van der Waals surface area contributed by atoms with Crippen LogP contribution < -0.4 is 5.32 Å². The molecule has 0 aliphatic rings. The number of hydrogen-bond acceptors (Lipinski definition) is 3. The maximum absolute atomic E-state index is 13.4. The van der Waals surface area contributed by atoms with Gasteiger partial charge in [0.2, 0.25) is 11.9 Å². The molecule has 1 amide bonds. The maximum atomic E-state index is 13.4. The van der Waals surface area contributed by atoms with Gasteiger partial charge in [-0.05, 0) is 17.7 Å². The van der Waals surface area contributed by atoms with Crippen molar-refractivity contribution in [3.8, 4) is 0 Å². The molecule has 7 heteroatoms. The third-order valence-corrected chi connectivity index (χ3v) is 2.27. The normalized spacial score (nSPS) is 10.2. The Labute approximate surface area is 101 Å². The summed E-state index contributed by atoms with van der Waals surface area (Å²) in [5, 5.41) is 8.78. The summed E-state index contributed by atoms with van der Waals surface area (Å²) >= 11 is 5.60. The quantitative estimate of drug-likeness (QED) is 0.877. The Kier molecular flexibility index (Phi) is 3.34. The van der Waals surface area contributed by atoms with Gasteiger partial charge in [-0.15, -0.1) is 0 Å². The van der Waals surface area contributed by atoms with Crippen LogP contribution in [0.25, 0.3) is 0 Å². The third kappa shape index (κ3) is 3.01. The van der Waals surface area contributed by atoms with Crippen molar-refractivity contribution in [2.24, 2.45) is 0 Å². The first-order chi connectivity index (χ1) is 8.15. The van der Waals surface area contributed by atoms with Gasteiger partial charge in [-0.3, -0.25) is 10.1 Å². The molecule has 0 bridgehead atoms. The van der Waals surface area contributed by atoms with Gasteiger partial charge in [-0.1, -0.05) is 17.7 Å². The number of hydrogen-bond donors (Lipinski definition) is 2. The van der Waals surface area contributed by atoms with E-state index >= 15 is 0 Å². The number of nitrogens with one attached hydrogen (secondary N) is 2. The number of aromatic nitrogens is 3. The summed E-state index contributed by atoms with van der Waals surface area (Å²) in [6, 6.07) is 4.16. The number of rotatable bonds is 3. The zero-order chi connectivity index (χ0) is 12.3. The molecule has 0 fully saturated rings. The second kappa shape index (κ2) is 4.92. The molecular formula is C10H8ClFN4O. The Morgan fingerprint density at radius 3 is 3.00 bits per heavy atom. The van der Waals surface area contributed by atoms with Crippen LogP contribution in [0.5, 0.6) is 0 Å². The molecule has 5 nitrogen and oxygen atoms in total. The fourth-order valence-corrected chi connectivity index (χ4v) is 1.44. The molecule has 88 valence electrons. The van der Waals surface area contributed by atoms with E-state index < -0.39 is 5.82 Å². The van der Waals surface area contributed by atoms with Crippen LogP contribution in [0.1, 0.15) is 5.56 Å². The van der Waals surface area contributed by atoms with Crippen LogP contribution >= 0.6 is 11.6 Å². The predicted molar refractivity (Wildman–Crippen MR) is 60.1 cm³/mol. The third-order valence-electron chi connectivity index (χ3n) is 2.04. The fraction of sp³-hybridized carbons (Fsp3) is 0.100. The highest BCUT2D eigenvalue weighted by Gasteiger charge is 2.09. The van der Waals surface area contributed by atoms with Crippen LogP contribution in [-0.4, -0.2) is 21.1 Å². The smallest absolute Gasteiger partial charge is 0.231 e. The van der Waals surface area contributed by atoms with Crippen LogP contribution in [0.2, 0.25) is 5.02 Å². The van der Waals surface area contributed by atoms with Gasteiger partial charge in [0.15, 0.2) is 0 Å². The molecule has 0 radical (unpaired) electrons. The van der Waals surface area contributed by atoms with Crippen LogP contribution in [0.15, 0.2) is 24.5 Å². The Hall–Kier alpha value is -1.95. The number of carbonyl (C=O) groups excluding carboxylic acids is 1. The van der Waals surface area contributed by atoms with Gasteiger partial charge in [0.25, 0.3) is 0 Å². The molecule has 0 aliphatic heterocycles. The average molecular weight is 255 g/mol. The number of H-pyrrole nitrogens is 1. The number of amides is 1. The first-order valence-electron chi connectivity index (χ1n) is 4.74. The van der Waals surface area contributed by atoms with E-state index in [2.05, 4.69) is 20.5 Å². The molecule has 0 atom stereocenters. The van der Waals surface area contributed by atoms with Crippen LogP contribution in [0.3, 0.4) is 0 Å². The molecule has 2 N–H and O–H groups in total. The average Bonchev–Trinajstić information content (AvgIpc) is 2.75. The van der Waals surface area contributed by atoms with Gasteiger partial charge in [-0.2, -0.15) is 10.1 Å². The molecule has 17 heavy (non-hydrogen) atoms. The van der Waals surface area contributed by atoms with Gasteiger partial charge in [0, 0.05) is 5.02 Å². The molecule has 2 aromatic rings. The summed E-state index contributed by atoms with van der Waals surface area (Å²) in [7, 11) is 0. The van der Waals surface area contributed by atoms with E-state index in [1.807, 2.05) is 0 Å². The van der Waals surface area contributed by atoms with E-state index in [0.29, 0.717) is 5.02 Å². The van der Waals surface area contributed by atoms with E-state index in [4.69, 9.17) is 11.6 Å². The lowest BCUT2D eigenvalue weighted by Crippen LogP contribution is -2.16. The van der Waals surface area contributed by atoms with E-state index in [-0.39, 0.29) is 23.8 Å². The topological polar surface area (TPSA) is 70.7 Å². The van der Waals surface area contributed by atoms with Crippen molar-refractivity contribution in [1.82, 2.24) is 15.2 Å². The highest BCUT2D eigenvalue weighted by Crippen LogP contribution is 2.15. The largest absolute Gasteiger partial charge is 0.295 e. The minimum Gasteiger partial charge on any atom is -0.295 e. The Morgan fingerprint density at radius 2 is 2.35 bits per heavy atom. The van der Waals surface area contributed by atoms with E-state index in [9.17, 15) is 9.18 Å². The van der Waals surface area contributed by atoms with Crippen molar-refractivity contribution in [3.05, 3.63) is 40.9 Å². The summed E-state index contributed by atoms with van der Waals surface area (Å²) in [6.45, 7) is 0. The maximum Gasteiger partial charge on any atom is 0.231 e. The summed E-state index contributed by atoms with van der Waals surface area (Å²) < 4.78 is 13.4. The molecule has 1 heterocycles. The minimum atomic E-state index is -0.509. The Bertz CT molecular complexity index is 529. The van der Waals surface area contributed by atoms with Crippen molar-refractivity contribution in [2.75, 3.05) is 5.32 Å². The summed E-state index contributed by atoms with van der Waals surface area (Å²) in [4.78, 5) is 15.2. The fourth-order valence-electron chi connectivity index (χ4n) is 1.28. The first kappa shape index (κ1) is 11.5. The lowest BCUT2D eigenvalue weighted by molar-refractivity contribution is -0.115. The van der Waals surface area contributed by atoms with Crippen LogP contribution in [0.4, 0.5) is 10.3 Å². The number of aromatic amines is 1. The number of nitrogens with zero attached hydrogens (tertiary/aromatic N) is 2. The highest BCUT2D eigenvalue weighted by atomic mass is 35.5. The van der Waals surface area contributed by atoms with E-state index in [1.54, 1.807) is 0 Å². The first-order valence-corrected chi connectivity index (χ1v) is 5.12. The van der Waals surface area contributed by atoms with Gasteiger partial charge in [0.1, 0.15) is 12.1 Å². The number of benzene rings is 1. The van der Waals surface area contributed by atoms with E-state index in [1.165, 1.54) is 24.5 Å². The van der Waals surface area contributed by atoms with Gasteiger partial charge in [-0.25, -0.2) is 9.49 Å². The lowest BCUT2D eigenvalue weighted by Gasteiger charge is -2.03. The molecule has 1 aromatic carbocycles. The number of anilines is 1. The minimum absolute atomic E-state index is 0.0935. The second-order valence-corrected chi connectivity index (χ2v) is 3.73. The predicted octanol–water partition coefficient (Wildman–Crippen LogP) is 1.78. The number of halogens is 2. The lowest BCUT2D eigenvalue weighted by atomic mass is 10.1. The monoisotopic (exact) mass is 254 g/mol. The van der Waals surface area contributed by atoms with Gasteiger partial charge in [0.05, 0.1) is 6.42 Å². The Morgan fingerprint density at radius 1 is 1.53 bits per heavy atom. The summed E-state index contributed by atoms with van der Waals surface area (Å²) in [5.41, 5.74) is 0.270.